The normalized spacial score (nSPS) is 21.2. The fourth-order valence-corrected chi connectivity index (χ4v) is 4.90. The number of halogens is 4. The molecule has 2 aliphatic rings. The Labute approximate surface area is 219 Å². The topological polar surface area (TPSA) is 117 Å². The summed E-state index contributed by atoms with van der Waals surface area (Å²) in [6.07, 6.45) is -8.29. The van der Waals surface area contributed by atoms with Crippen molar-refractivity contribution in [3.8, 4) is 11.8 Å². The van der Waals surface area contributed by atoms with Crippen molar-refractivity contribution in [1.82, 2.24) is 4.90 Å². The van der Waals surface area contributed by atoms with Crippen LogP contribution in [-0.4, -0.2) is 63.1 Å². The Hall–Kier alpha value is -3.96. The van der Waals surface area contributed by atoms with E-state index in [4.69, 9.17) is 27.3 Å². The first-order chi connectivity index (χ1) is 17.7. The summed E-state index contributed by atoms with van der Waals surface area (Å²) in [5.41, 5.74) is -3.38. The smallest absolute Gasteiger partial charge is 0.417 e. The first kappa shape index (κ1) is 27.1. The van der Waals surface area contributed by atoms with Gasteiger partial charge in [0.2, 0.25) is 0 Å². The summed E-state index contributed by atoms with van der Waals surface area (Å²) >= 11 is 5.43. The van der Waals surface area contributed by atoms with Crippen LogP contribution in [0.25, 0.3) is 0 Å². The number of alkyl halides is 3. The third-order valence-electron chi connectivity index (χ3n) is 6.31. The maximum Gasteiger partial charge on any atom is 0.417 e. The van der Waals surface area contributed by atoms with Gasteiger partial charge in [0.15, 0.2) is 16.7 Å². The maximum atomic E-state index is 15.0. The number of amides is 2. The largest absolute Gasteiger partial charge is 0.483 e. The highest BCUT2D eigenvalue weighted by Gasteiger charge is 2.51. The predicted molar refractivity (Wildman–Crippen MR) is 129 cm³/mol. The van der Waals surface area contributed by atoms with Crippen LogP contribution in [0.3, 0.4) is 0 Å². The van der Waals surface area contributed by atoms with Crippen molar-refractivity contribution in [3.63, 3.8) is 0 Å². The van der Waals surface area contributed by atoms with Gasteiger partial charge in [-0.2, -0.15) is 18.4 Å². The lowest BCUT2D eigenvalue weighted by Crippen LogP contribution is -2.44. The molecular formula is C24H20F4N4O5S. The van der Waals surface area contributed by atoms with E-state index >= 15 is 4.39 Å². The van der Waals surface area contributed by atoms with Gasteiger partial charge in [-0.3, -0.25) is 9.69 Å². The third kappa shape index (κ3) is 4.59. The molecule has 200 valence electrons. The number of anilines is 2. The highest BCUT2D eigenvalue weighted by Crippen LogP contribution is 2.40. The predicted octanol–water partition coefficient (Wildman–Crippen LogP) is 3.73. The van der Waals surface area contributed by atoms with E-state index in [1.54, 1.807) is 0 Å². The Morgan fingerprint density at radius 2 is 1.84 bits per heavy atom. The SMILES string of the molecule is CC1(C)C(=O)N(c2ccc(C#N)c(C(F)(F)F)c2)C(=S)N1c1ccc(OC2CN(C(=O)O)CC2O)c(F)c1. The highest BCUT2D eigenvalue weighted by atomic mass is 32.1. The second-order valence-corrected chi connectivity index (χ2v) is 9.55. The van der Waals surface area contributed by atoms with Crippen molar-refractivity contribution >= 4 is 40.7 Å². The lowest BCUT2D eigenvalue weighted by Gasteiger charge is -2.29. The van der Waals surface area contributed by atoms with Crippen molar-refractivity contribution in [2.24, 2.45) is 0 Å². The molecule has 2 atom stereocenters. The average molecular weight is 553 g/mol. The number of carboxylic acid groups (broad SMARTS) is 1. The van der Waals surface area contributed by atoms with Crippen LogP contribution in [0.1, 0.15) is 25.0 Å². The third-order valence-corrected chi connectivity index (χ3v) is 6.68. The van der Waals surface area contributed by atoms with Crippen LogP contribution in [0.15, 0.2) is 36.4 Å². The number of likely N-dealkylation sites (tertiary alicyclic amines) is 1. The molecule has 0 radical (unpaired) electrons. The van der Waals surface area contributed by atoms with E-state index in [9.17, 15) is 27.9 Å². The Kier molecular flexibility index (Phi) is 6.71. The molecule has 0 saturated carbocycles. The summed E-state index contributed by atoms with van der Waals surface area (Å²) in [6.45, 7) is 2.56. The van der Waals surface area contributed by atoms with E-state index in [2.05, 4.69) is 0 Å². The van der Waals surface area contributed by atoms with Gasteiger partial charge in [-0.1, -0.05) is 0 Å². The van der Waals surface area contributed by atoms with Gasteiger partial charge in [0.1, 0.15) is 17.7 Å². The molecule has 38 heavy (non-hydrogen) atoms. The molecule has 0 spiro atoms. The molecular weight excluding hydrogens is 532 g/mol. The van der Waals surface area contributed by atoms with Crippen LogP contribution >= 0.6 is 12.2 Å². The number of β-amino-alcohol motifs (C(OH)–C–C–N with tert-alkyl or cyclic N) is 1. The minimum atomic E-state index is -4.85. The number of aliphatic hydroxyl groups excluding tert-OH is 1. The number of nitrogens with zero attached hydrogens (tertiary/aromatic N) is 4. The summed E-state index contributed by atoms with van der Waals surface area (Å²) in [7, 11) is 0. The molecule has 2 fully saturated rings. The van der Waals surface area contributed by atoms with Gasteiger partial charge in [-0.25, -0.2) is 9.18 Å². The van der Waals surface area contributed by atoms with Crippen molar-refractivity contribution in [3.05, 3.63) is 53.3 Å². The Bertz CT molecular complexity index is 1380. The van der Waals surface area contributed by atoms with Crippen molar-refractivity contribution in [2.45, 2.75) is 37.8 Å². The minimum Gasteiger partial charge on any atom is -0.483 e. The monoisotopic (exact) mass is 552 g/mol. The van der Waals surface area contributed by atoms with E-state index < -0.39 is 52.9 Å². The zero-order valence-electron chi connectivity index (χ0n) is 19.9. The van der Waals surface area contributed by atoms with Crippen LogP contribution in [0.4, 0.5) is 33.7 Å². The minimum absolute atomic E-state index is 0.101. The van der Waals surface area contributed by atoms with E-state index in [1.807, 2.05) is 0 Å². The number of carbonyl (C=O) groups is 2. The van der Waals surface area contributed by atoms with Gasteiger partial charge in [0.25, 0.3) is 5.91 Å². The number of hydrogen-bond acceptors (Lipinski definition) is 6. The molecule has 2 aromatic rings. The number of thiocarbonyl (C=S) groups is 1. The second kappa shape index (κ2) is 9.41. The van der Waals surface area contributed by atoms with Crippen LogP contribution in [0.2, 0.25) is 0 Å². The van der Waals surface area contributed by atoms with Gasteiger partial charge < -0.3 is 24.7 Å². The number of aliphatic hydroxyl groups is 1. The van der Waals surface area contributed by atoms with Crippen LogP contribution in [-0.2, 0) is 11.0 Å². The molecule has 0 aromatic heterocycles. The summed E-state index contributed by atoms with van der Waals surface area (Å²) in [4.78, 5) is 27.5. The second-order valence-electron chi connectivity index (χ2n) is 9.18. The zero-order valence-corrected chi connectivity index (χ0v) is 20.7. The molecule has 4 rings (SSSR count). The van der Waals surface area contributed by atoms with Crippen LogP contribution in [0.5, 0.6) is 5.75 Å². The van der Waals surface area contributed by atoms with E-state index in [-0.39, 0.29) is 35.3 Å². The number of nitriles is 1. The average Bonchev–Trinajstić information content (AvgIpc) is 3.28. The number of rotatable bonds is 4. The number of carbonyl (C=O) groups excluding carboxylic acids is 1. The maximum absolute atomic E-state index is 15.0. The fourth-order valence-electron chi connectivity index (χ4n) is 4.38. The molecule has 2 unspecified atom stereocenters. The van der Waals surface area contributed by atoms with Gasteiger partial charge >= 0.3 is 12.3 Å². The van der Waals surface area contributed by atoms with Crippen molar-refractivity contribution in [2.75, 3.05) is 22.9 Å². The van der Waals surface area contributed by atoms with E-state index in [0.717, 1.165) is 21.9 Å². The molecule has 2 aromatic carbocycles. The van der Waals surface area contributed by atoms with E-state index in [0.29, 0.717) is 6.07 Å². The summed E-state index contributed by atoms with van der Waals surface area (Å²) < 4.78 is 61.0. The number of benzene rings is 2. The van der Waals surface area contributed by atoms with Gasteiger partial charge in [0, 0.05) is 11.8 Å². The fraction of sp³-hybridized carbons (Fsp3) is 0.333. The molecule has 2 saturated heterocycles. The van der Waals surface area contributed by atoms with Crippen LogP contribution < -0.4 is 14.5 Å². The Morgan fingerprint density at radius 3 is 2.39 bits per heavy atom. The molecule has 2 N–H and O–H groups in total. The molecule has 0 bridgehead atoms. The highest BCUT2D eigenvalue weighted by molar-refractivity contribution is 7.81. The Morgan fingerprint density at radius 1 is 1.18 bits per heavy atom. The van der Waals surface area contributed by atoms with Crippen molar-refractivity contribution < 1.29 is 42.1 Å². The summed E-state index contributed by atoms with van der Waals surface area (Å²) in [6, 6.07) is 7.85. The first-order valence-corrected chi connectivity index (χ1v) is 11.5. The summed E-state index contributed by atoms with van der Waals surface area (Å²) in [5.74, 6) is -1.85. The standard InChI is InChI=1S/C24H20F4N4O5S/c1-23(2)20(34)31(13-4-3-12(9-29)15(7-13)24(26,27)28)21(38)32(23)14-5-6-18(16(25)8-14)37-19-11-30(22(35)36)10-17(19)33/h3-8,17,19,33H,10-11H2,1-2H3,(H,35,36). The Balaban J connectivity index is 1.64. The lowest BCUT2D eigenvalue weighted by atomic mass is 10.0. The quantitative estimate of drug-likeness (QED) is 0.435. The van der Waals surface area contributed by atoms with Gasteiger partial charge in [-0.05, 0) is 56.4 Å². The molecule has 2 aliphatic heterocycles. The number of hydrogen-bond donors (Lipinski definition) is 2. The lowest BCUT2D eigenvalue weighted by molar-refractivity contribution is -0.137. The van der Waals surface area contributed by atoms with Crippen molar-refractivity contribution in [1.29, 1.82) is 5.26 Å². The summed E-state index contributed by atoms with van der Waals surface area (Å²) in [5, 5.41) is 28.0. The first-order valence-electron chi connectivity index (χ1n) is 11.1. The van der Waals surface area contributed by atoms with Gasteiger partial charge in [-0.15, -0.1) is 0 Å². The number of ether oxygens (including phenoxy) is 1. The molecule has 2 amide bonds. The zero-order chi connectivity index (χ0) is 28.2. The molecule has 14 heteroatoms. The van der Waals surface area contributed by atoms with Crippen LogP contribution in [0, 0.1) is 17.1 Å². The molecule has 9 nitrogen and oxygen atoms in total. The molecule has 0 aliphatic carbocycles. The van der Waals surface area contributed by atoms with E-state index in [1.165, 1.54) is 43.0 Å². The van der Waals surface area contributed by atoms with Gasteiger partial charge in [0.05, 0.1) is 36.0 Å². The molecule has 2 heterocycles.